The fraction of sp³-hybridized carbons (Fsp3) is 0.391. The first kappa shape index (κ1) is 22.5. The molecule has 0 aromatic heterocycles. The topological polar surface area (TPSA) is 68.8 Å². The van der Waals surface area contributed by atoms with Gasteiger partial charge in [0.05, 0.1) is 0 Å². The molecule has 8 heteroatoms. The molecule has 1 aliphatic heterocycles. The first-order valence-corrected chi connectivity index (χ1v) is 10.5. The van der Waals surface area contributed by atoms with Crippen LogP contribution in [0.2, 0.25) is 0 Å². The Labute approximate surface area is 181 Å². The second-order valence-corrected chi connectivity index (χ2v) is 7.57. The van der Waals surface area contributed by atoms with Crippen molar-refractivity contribution in [3.8, 4) is 0 Å². The van der Waals surface area contributed by atoms with Crippen molar-refractivity contribution in [2.45, 2.75) is 38.8 Å². The van der Waals surface area contributed by atoms with Crippen molar-refractivity contribution in [1.82, 2.24) is 10.6 Å². The third-order valence-corrected chi connectivity index (χ3v) is 5.18. The number of anilines is 2. The first-order chi connectivity index (χ1) is 15.0. The summed E-state index contributed by atoms with van der Waals surface area (Å²) in [5.74, 6) is -0.449. The average molecular weight is 430 g/mol. The maximum absolute atomic E-state index is 14.0. The second kappa shape index (κ2) is 10.7. The van der Waals surface area contributed by atoms with Crippen molar-refractivity contribution in [2.75, 3.05) is 30.4 Å². The molecule has 1 aliphatic rings. The van der Waals surface area contributed by atoms with E-state index >= 15 is 0 Å². The van der Waals surface area contributed by atoms with E-state index in [0.717, 1.165) is 24.1 Å². The van der Waals surface area contributed by atoms with Gasteiger partial charge in [0.1, 0.15) is 17.3 Å². The van der Waals surface area contributed by atoms with Crippen LogP contribution >= 0.6 is 0 Å². The van der Waals surface area contributed by atoms with Crippen LogP contribution in [0.3, 0.4) is 0 Å². The van der Waals surface area contributed by atoms with Gasteiger partial charge in [0.15, 0.2) is 5.96 Å². The van der Waals surface area contributed by atoms with Crippen molar-refractivity contribution in [2.24, 2.45) is 4.99 Å². The predicted octanol–water partition coefficient (Wildman–Crippen LogP) is 3.65. The molecule has 1 heterocycles. The zero-order valence-electron chi connectivity index (χ0n) is 17.9. The van der Waals surface area contributed by atoms with Crippen LogP contribution in [-0.2, 0) is 11.3 Å². The maximum Gasteiger partial charge on any atom is 0.224 e. The quantitative estimate of drug-likeness (QED) is 0.464. The van der Waals surface area contributed by atoms with Crippen LogP contribution in [0.25, 0.3) is 0 Å². The summed E-state index contributed by atoms with van der Waals surface area (Å²) in [4.78, 5) is 17.6. The maximum atomic E-state index is 14.0. The molecule has 0 bridgehead atoms. The number of benzene rings is 2. The number of amides is 1. The molecule has 2 aromatic rings. The highest BCUT2D eigenvalue weighted by molar-refractivity contribution is 5.90. The molecule has 3 rings (SSSR count). The Morgan fingerprint density at radius 3 is 2.52 bits per heavy atom. The summed E-state index contributed by atoms with van der Waals surface area (Å²) in [6.07, 6.45) is 2.07. The van der Waals surface area contributed by atoms with Gasteiger partial charge < -0.3 is 20.9 Å². The van der Waals surface area contributed by atoms with Gasteiger partial charge in [0, 0.05) is 44.8 Å². The van der Waals surface area contributed by atoms with Crippen LogP contribution in [-0.4, -0.2) is 38.0 Å². The Hall–Kier alpha value is -3.16. The van der Waals surface area contributed by atoms with Crippen molar-refractivity contribution in [1.29, 1.82) is 0 Å². The molecule has 1 amide bonds. The Bertz CT molecular complexity index is 896. The Kier molecular flexibility index (Phi) is 7.81. The number of hydrogen-bond acceptors (Lipinski definition) is 3. The van der Waals surface area contributed by atoms with E-state index in [2.05, 4.69) is 20.9 Å². The van der Waals surface area contributed by atoms with E-state index in [1.54, 1.807) is 11.9 Å². The molecule has 2 aromatic carbocycles. The van der Waals surface area contributed by atoms with Gasteiger partial charge in [0.25, 0.3) is 0 Å². The summed E-state index contributed by atoms with van der Waals surface area (Å²) in [7, 11) is 1.69. The molecule has 3 N–H and O–H groups in total. The van der Waals surface area contributed by atoms with Crippen LogP contribution in [0, 0.1) is 11.6 Å². The van der Waals surface area contributed by atoms with E-state index in [-0.39, 0.29) is 17.6 Å². The lowest BCUT2D eigenvalue weighted by Crippen LogP contribution is -2.44. The van der Waals surface area contributed by atoms with E-state index in [0.29, 0.717) is 32.0 Å². The number of nitrogens with zero attached hydrogens (tertiary/aromatic N) is 2. The van der Waals surface area contributed by atoms with E-state index in [1.807, 2.05) is 31.2 Å². The molecule has 1 atom stereocenters. The average Bonchev–Trinajstić information content (AvgIpc) is 3.20. The minimum Gasteiger partial charge on any atom is -0.365 e. The number of guanidine groups is 1. The molecular formula is C23H29F2N5O. The number of carbonyl (C=O) groups excluding carboxylic acids is 1. The largest absolute Gasteiger partial charge is 0.365 e. The van der Waals surface area contributed by atoms with E-state index in [4.69, 9.17) is 0 Å². The molecule has 1 unspecified atom stereocenters. The lowest BCUT2D eigenvalue weighted by molar-refractivity contribution is -0.116. The number of hydrogen-bond donors (Lipinski definition) is 3. The molecule has 31 heavy (non-hydrogen) atoms. The predicted molar refractivity (Wildman–Crippen MR) is 120 cm³/mol. The highest BCUT2D eigenvalue weighted by atomic mass is 19.1. The fourth-order valence-corrected chi connectivity index (χ4v) is 3.60. The zero-order valence-corrected chi connectivity index (χ0v) is 17.9. The summed E-state index contributed by atoms with van der Waals surface area (Å²) in [5.41, 5.74) is 1.84. The minimum atomic E-state index is -0.544. The molecule has 0 saturated carbocycles. The van der Waals surface area contributed by atoms with Gasteiger partial charge in [0.2, 0.25) is 5.91 Å². The summed E-state index contributed by atoms with van der Waals surface area (Å²) in [6, 6.07) is 11.6. The molecular weight excluding hydrogens is 400 g/mol. The SMILES string of the molecule is CCCC(=O)Nc1ccc(CNC(=NC)NC2CCN(c3c(F)cccc3F)C2)cc1. The first-order valence-electron chi connectivity index (χ1n) is 10.5. The van der Waals surface area contributed by atoms with Gasteiger partial charge in [-0.2, -0.15) is 0 Å². The molecule has 0 radical (unpaired) electrons. The highest BCUT2D eigenvalue weighted by Crippen LogP contribution is 2.26. The number of rotatable bonds is 7. The molecule has 1 saturated heterocycles. The highest BCUT2D eigenvalue weighted by Gasteiger charge is 2.27. The lowest BCUT2D eigenvalue weighted by atomic mass is 10.2. The monoisotopic (exact) mass is 429 g/mol. The van der Waals surface area contributed by atoms with Crippen LogP contribution in [0.15, 0.2) is 47.5 Å². The smallest absolute Gasteiger partial charge is 0.224 e. The van der Waals surface area contributed by atoms with Gasteiger partial charge >= 0.3 is 0 Å². The standard InChI is InChI=1S/C23H29F2N5O/c1-3-5-21(31)28-17-10-8-16(9-11-17)14-27-23(26-2)29-18-12-13-30(15-18)22-19(24)6-4-7-20(22)25/h4,6-11,18H,3,5,12-15H2,1-2H3,(H,28,31)(H2,26,27,29). The molecule has 1 fully saturated rings. The van der Waals surface area contributed by atoms with Crippen molar-refractivity contribution >= 4 is 23.2 Å². The van der Waals surface area contributed by atoms with Gasteiger partial charge in [-0.15, -0.1) is 0 Å². The van der Waals surface area contributed by atoms with Gasteiger partial charge in [-0.05, 0) is 42.7 Å². The lowest BCUT2D eigenvalue weighted by Gasteiger charge is -2.21. The van der Waals surface area contributed by atoms with Crippen molar-refractivity contribution < 1.29 is 13.6 Å². The van der Waals surface area contributed by atoms with Crippen molar-refractivity contribution in [3.63, 3.8) is 0 Å². The molecule has 6 nitrogen and oxygen atoms in total. The molecule has 166 valence electrons. The van der Waals surface area contributed by atoms with E-state index in [9.17, 15) is 13.6 Å². The summed E-state index contributed by atoms with van der Waals surface area (Å²) < 4.78 is 28.1. The third kappa shape index (κ3) is 6.16. The Morgan fingerprint density at radius 2 is 1.87 bits per heavy atom. The van der Waals surface area contributed by atoms with Gasteiger partial charge in [-0.1, -0.05) is 25.1 Å². The van der Waals surface area contributed by atoms with Crippen LogP contribution in [0.5, 0.6) is 0 Å². The number of aliphatic imine (C=N–C) groups is 1. The molecule has 0 aliphatic carbocycles. The molecule has 0 spiro atoms. The van der Waals surface area contributed by atoms with E-state index < -0.39 is 11.6 Å². The third-order valence-electron chi connectivity index (χ3n) is 5.18. The van der Waals surface area contributed by atoms with Gasteiger partial charge in [-0.3, -0.25) is 9.79 Å². The van der Waals surface area contributed by atoms with Crippen LogP contribution in [0.4, 0.5) is 20.2 Å². The summed E-state index contributed by atoms with van der Waals surface area (Å²) >= 11 is 0. The van der Waals surface area contributed by atoms with Gasteiger partial charge in [-0.25, -0.2) is 8.78 Å². The fourth-order valence-electron chi connectivity index (χ4n) is 3.60. The Morgan fingerprint density at radius 1 is 1.16 bits per heavy atom. The normalized spacial score (nSPS) is 16.3. The van der Waals surface area contributed by atoms with Crippen LogP contribution < -0.4 is 20.9 Å². The number of nitrogens with one attached hydrogen (secondary N) is 3. The Balaban J connectivity index is 1.49. The summed E-state index contributed by atoms with van der Waals surface area (Å²) in [5, 5.41) is 9.44. The zero-order chi connectivity index (χ0) is 22.2. The minimum absolute atomic E-state index is 0.0128. The van der Waals surface area contributed by atoms with E-state index in [1.165, 1.54) is 18.2 Å². The summed E-state index contributed by atoms with van der Waals surface area (Å²) in [6.45, 7) is 3.58. The van der Waals surface area contributed by atoms with Crippen molar-refractivity contribution in [3.05, 3.63) is 59.7 Å². The number of para-hydroxylation sites is 1. The number of halogens is 2. The second-order valence-electron chi connectivity index (χ2n) is 7.57. The number of carbonyl (C=O) groups is 1. The van der Waals surface area contributed by atoms with Crippen LogP contribution in [0.1, 0.15) is 31.7 Å².